The summed E-state index contributed by atoms with van der Waals surface area (Å²) in [7, 11) is 0. The number of para-hydroxylation sites is 1. The molecule has 0 spiro atoms. The summed E-state index contributed by atoms with van der Waals surface area (Å²) in [6, 6.07) is 18.3. The number of fused-ring (bicyclic) bond motifs is 3. The molecular formula is C26H26N6O. The molecule has 0 fully saturated rings. The van der Waals surface area contributed by atoms with E-state index in [4.69, 9.17) is 0 Å². The topological polar surface area (TPSA) is 76.8 Å². The van der Waals surface area contributed by atoms with Gasteiger partial charge in [-0.15, -0.1) is 0 Å². The van der Waals surface area contributed by atoms with Gasteiger partial charge >= 0.3 is 0 Å². The van der Waals surface area contributed by atoms with Crippen LogP contribution in [-0.2, 0) is 13.1 Å². The number of hydrogen-bond acceptors (Lipinski definition) is 4. The third kappa shape index (κ3) is 4.17. The number of benzene rings is 2. The number of nitrogens with one attached hydrogen (secondary N) is 2. The van der Waals surface area contributed by atoms with E-state index in [1.54, 1.807) is 30.9 Å². The number of anilines is 2. The molecule has 7 nitrogen and oxygen atoms in total. The Morgan fingerprint density at radius 3 is 2.73 bits per heavy atom. The zero-order chi connectivity index (χ0) is 22.6. The van der Waals surface area contributed by atoms with Crippen molar-refractivity contribution in [2.24, 2.45) is 0 Å². The Morgan fingerprint density at radius 1 is 1.00 bits per heavy atom. The van der Waals surface area contributed by atoms with Crippen molar-refractivity contribution in [3.8, 4) is 0 Å². The van der Waals surface area contributed by atoms with Gasteiger partial charge in [0, 0.05) is 65.7 Å². The van der Waals surface area contributed by atoms with Crippen LogP contribution < -0.4 is 10.6 Å². The van der Waals surface area contributed by atoms with Crippen LogP contribution in [0.25, 0.3) is 21.8 Å². The molecule has 0 atom stereocenters. The van der Waals surface area contributed by atoms with Crippen molar-refractivity contribution in [2.45, 2.75) is 26.4 Å². The van der Waals surface area contributed by atoms with Gasteiger partial charge in [-0.1, -0.05) is 18.2 Å². The van der Waals surface area contributed by atoms with Crippen LogP contribution in [0.1, 0.15) is 23.7 Å². The van der Waals surface area contributed by atoms with Crippen LogP contribution in [0.2, 0.25) is 0 Å². The quantitative estimate of drug-likeness (QED) is 0.335. The van der Waals surface area contributed by atoms with Gasteiger partial charge in [0.2, 0.25) is 0 Å². The molecule has 1 amide bonds. The molecule has 0 aliphatic heterocycles. The molecule has 3 aromatic heterocycles. The van der Waals surface area contributed by atoms with Crippen molar-refractivity contribution in [1.29, 1.82) is 0 Å². The fraction of sp³-hybridized carbons (Fsp3) is 0.192. The number of aromatic nitrogens is 4. The Bertz CT molecular complexity index is 1400. The summed E-state index contributed by atoms with van der Waals surface area (Å²) in [5.74, 6) is 0.406. The number of imidazole rings is 1. The van der Waals surface area contributed by atoms with Crippen LogP contribution in [0, 0.1) is 0 Å². The van der Waals surface area contributed by atoms with Crippen molar-refractivity contribution in [3.05, 3.63) is 85.1 Å². The molecule has 0 saturated heterocycles. The maximum Gasteiger partial charge on any atom is 0.255 e. The Labute approximate surface area is 192 Å². The van der Waals surface area contributed by atoms with E-state index in [-0.39, 0.29) is 5.91 Å². The first-order valence-corrected chi connectivity index (χ1v) is 11.2. The monoisotopic (exact) mass is 438 g/mol. The number of pyridine rings is 1. The fourth-order valence-electron chi connectivity index (χ4n) is 4.27. The number of carbonyl (C=O) groups excluding carboxylic acids is 1. The highest BCUT2D eigenvalue weighted by Gasteiger charge is 2.14. The summed E-state index contributed by atoms with van der Waals surface area (Å²) in [4.78, 5) is 21.3. The Balaban J connectivity index is 1.35. The van der Waals surface area contributed by atoms with Crippen LogP contribution in [0.5, 0.6) is 0 Å². The van der Waals surface area contributed by atoms with Gasteiger partial charge in [-0.3, -0.25) is 4.79 Å². The Hall–Kier alpha value is -4.13. The average molecular weight is 439 g/mol. The number of carbonyl (C=O) groups is 1. The van der Waals surface area contributed by atoms with Crippen LogP contribution >= 0.6 is 0 Å². The van der Waals surface area contributed by atoms with E-state index in [2.05, 4.69) is 68.5 Å². The SMILES string of the molecule is CCn1c2ccccc2c2cc(Nc3ncccc3C(=O)NCCCn3ccnc3)ccc21. The van der Waals surface area contributed by atoms with Gasteiger partial charge in [-0.2, -0.15) is 0 Å². The molecule has 7 heteroatoms. The van der Waals surface area contributed by atoms with Crippen molar-refractivity contribution in [3.63, 3.8) is 0 Å². The number of hydrogen-bond donors (Lipinski definition) is 2. The molecule has 5 aromatic rings. The smallest absolute Gasteiger partial charge is 0.255 e. The lowest BCUT2D eigenvalue weighted by Gasteiger charge is -2.12. The third-order valence-electron chi connectivity index (χ3n) is 5.84. The molecule has 0 saturated carbocycles. The minimum absolute atomic E-state index is 0.139. The summed E-state index contributed by atoms with van der Waals surface area (Å²) >= 11 is 0. The molecule has 33 heavy (non-hydrogen) atoms. The van der Waals surface area contributed by atoms with E-state index in [9.17, 15) is 4.79 Å². The highest BCUT2D eigenvalue weighted by Crippen LogP contribution is 2.32. The summed E-state index contributed by atoms with van der Waals surface area (Å²) in [6.07, 6.45) is 7.96. The van der Waals surface area contributed by atoms with Crippen LogP contribution in [-0.4, -0.2) is 31.6 Å². The molecule has 2 aromatic carbocycles. The van der Waals surface area contributed by atoms with Gasteiger partial charge in [0.1, 0.15) is 5.82 Å². The van der Waals surface area contributed by atoms with E-state index >= 15 is 0 Å². The molecule has 2 N–H and O–H groups in total. The van der Waals surface area contributed by atoms with Crippen molar-refractivity contribution < 1.29 is 4.79 Å². The van der Waals surface area contributed by atoms with Gasteiger partial charge in [0.05, 0.1) is 11.9 Å². The average Bonchev–Trinajstić information content (AvgIpc) is 3.48. The molecule has 166 valence electrons. The van der Waals surface area contributed by atoms with E-state index in [0.717, 1.165) is 25.2 Å². The van der Waals surface area contributed by atoms with Gasteiger partial charge in [-0.25, -0.2) is 9.97 Å². The van der Waals surface area contributed by atoms with Gasteiger partial charge in [0.15, 0.2) is 0 Å². The first kappa shape index (κ1) is 20.8. The molecule has 5 rings (SSSR count). The fourth-order valence-corrected chi connectivity index (χ4v) is 4.27. The number of rotatable bonds is 8. The normalized spacial score (nSPS) is 11.2. The minimum Gasteiger partial charge on any atom is -0.352 e. The van der Waals surface area contributed by atoms with E-state index < -0.39 is 0 Å². The van der Waals surface area contributed by atoms with Crippen LogP contribution in [0.4, 0.5) is 11.5 Å². The number of amides is 1. The van der Waals surface area contributed by atoms with Crippen molar-refractivity contribution >= 4 is 39.2 Å². The molecule has 0 aliphatic carbocycles. The first-order chi connectivity index (χ1) is 16.2. The van der Waals surface area contributed by atoms with Gasteiger partial charge < -0.3 is 19.8 Å². The summed E-state index contributed by atoms with van der Waals surface area (Å²) in [5, 5.41) is 8.75. The molecule has 0 unspecified atom stereocenters. The predicted molar refractivity (Wildman–Crippen MR) is 132 cm³/mol. The van der Waals surface area contributed by atoms with E-state index in [0.29, 0.717) is 17.9 Å². The van der Waals surface area contributed by atoms with E-state index in [1.165, 1.54) is 21.8 Å². The van der Waals surface area contributed by atoms with E-state index in [1.807, 2.05) is 16.8 Å². The predicted octanol–water partition coefficient (Wildman–Crippen LogP) is 4.97. The standard InChI is InChI=1S/C26H26N6O/c1-2-32-23-9-4-3-7-20(23)22-17-19(10-11-24(22)32)30-25-21(8-5-12-28-25)26(33)29-13-6-15-31-16-14-27-18-31/h3-5,7-12,14,16-18H,2,6,13,15H2,1H3,(H,28,30)(H,29,33). The Morgan fingerprint density at radius 2 is 1.88 bits per heavy atom. The van der Waals surface area contributed by atoms with Crippen molar-refractivity contribution in [1.82, 2.24) is 24.4 Å². The lowest BCUT2D eigenvalue weighted by Crippen LogP contribution is -2.26. The minimum atomic E-state index is -0.139. The van der Waals surface area contributed by atoms with Gasteiger partial charge in [0.25, 0.3) is 5.91 Å². The molecular weight excluding hydrogens is 412 g/mol. The Kier molecular flexibility index (Phi) is 5.76. The summed E-state index contributed by atoms with van der Waals surface area (Å²) in [5.41, 5.74) is 3.84. The zero-order valence-corrected chi connectivity index (χ0v) is 18.5. The molecule has 0 bridgehead atoms. The lowest BCUT2D eigenvalue weighted by molar-refractivity contribution is 0.0953. The summed E-state index contributed by atoms with van der Waals surface area (Å²) < 4.78 is 4.31. The molecule has 0 aliphatic rings. The van der Waals surface area contributed by atoms with Crippen molar-refractivity contribution in [2.75, 3.05) is 11.9 Å². The number of nitrogens with zero attached hydrogens (tertiary/aromatic N) is 4. The third-order valence-corrected chi connectivity index (χ3v) is 5.84. The maximum atomic E-state index is 12.8. The molecule has 0 radical (unpaired) electrons. The second-order valence-electron chi connectivity index (χ2n) is 7.93. The molecule has 3 heterocycles. The lowest BCUT2D eigenvalue weighted by atomic mass is 10.1. The first-order valence-electron chi connectivity index (χ1n) is 11.2. The van der Waals surface area contributed by atoms with Crippen LogP contribution in [0.15, 0.2) is 79.5 Å². The largest absolute Gasteiger partial charge is 0.352 e. The second-order valence-corrected chi connectivity index (χ2v) is 7.93. The maximum absolute atomic E-state index is 12.8. The second kappa shape index (κ2) is 9.16. The highest BCUT2D eigenvalue weighted by atomic mass is 16.1. The number of aryl methyl sites for hydroxylation is 2. The summed E-state index contributed by atoms with van der Waals surface area (Å²) in [6.45, 7) is 4.45. The zero-order valence-electron chi connectivity index (χ0n) is 18.5. The van der Waals surface area contributed by atoms with Crippen LogP contribution in [0.3, 0.4) is 0 Å². The van der Waals surface area contributed by atoms with Gasteiger partial charge in [-0.05, 0) is 49.7 Å². The highest BCUT2D eigenvalue weighted by molar-refractivity contribution is 6.09.